The normalized spacial score (nSPS) is 17.5. The van der Waals surface area contributed by atoms with E-state index in [1.54, 1.807) is 24.3 Å². The molecule has 5 heteroatoms. The first-order chi connectivity index (χ1) is 8.15. The second-order valence-electron chi connectivity index (χ2n) is 4.00. The quantitative estimate of drug-likeness (QED) is 0.685. The van der Waals surface area contributed by atoms with Crippen molar-refractivity contribution in [3.8, 4) is 0 Å². The largest absolute Gasteiger partial charge is 0.595 e. The van der Waals surface area contributed by atoms with E-state index in [-0.39, 0.29) is 11.5 Å². The molecule has 1 unspecified atom stereocenters. The highest BCUT2D eigenvalue weighted by Crippen LogP contribution is 2.19. The Balaban J connectivity index is 2.13. The van der Waals surface area contributed by atoms with Gasteiger partial charge in [-0.2, -0.15) is 5.23 Å². The summed E-state index contributed by atoms with van der Waals surface area (Å²) in [5.74, 6) is 0.119. The van der Waals surface area contributed by atoms with Gasteiger partial charge < -0.3 is 10.5 Å². The van der Waals surface area contributed by atoms with Crippen molar-refractivity contribution in [1.82, 2.24) is 0 Å². The number of nitrogens with one attached hydrogen (secondary N) is 2. The molecule has 0 amide bonds. The fraction of sp³-hybridized carbons (Fsp3) is 0.250. The van der Waals surface area contributed by atoms with Gasteiger partial charge in [0.1, 0.15) is 0 Å². The smallest absolute Gasteiger partial charge is 0.165 e. The first-order valence-electron chi connectivity index (χ1n) is 5.49. The van der Waals surface area contributed by atoms with Gasteiger partial charge in [-0.3, -0.25) is 4.79 Å². The van der Waals surface area contributed by atoms with Crippen LogP contribution in [0.25, 0.3) is 0 Å². The van der Waals surface area contributed by atoms with Gasteiger partial charge in [-0.15, -0.1) is 0 Å². The van der Waals surface area contributed by atoms with Gasteiger partial charge in [0, 0.05) is 36.0 Å². The van der Waals surface area contributed by atoms with Crippen molar-refractivity contribution in [3.05, 3.63) is 41.2 Å². The maximum atomic E-state index is 11.2. The lowest BCUT2D eigenvalue weighted by Gasteiger charge is -2.16. The lowest BCUT2D eigenvalue weighted by atomic mass is 10.0. The minimum Gasteiger partial charge on any atom is -0.595 e. The first kappa shape index (κ1) is 11.8. The fourth-order valence-electron chi connectivity index (χ4n) is 1.81. The van der Waals surface area contributed by atoms with E-state index in [1.807, 2.05) is 0 Å². The predicted octanol–water partition coefficient (Wildman–Crippen LogP) is 1.14. The zero-order chi connectivity index (χ0) is 12.3. The van der Waals surface area contributed by atoms with E-state index in [9.17, 15) is 10.0 Å². The highest BCUT2D eigenvalue weighted by molar-refractivity contribution is 5.91. The molecule has 0 fully saturated rings. The van der Waals surface area contributed by atoms with Gasteiger partial charge in [0.2, 0.25) is 0 Å². The minimum absolute atomic E-state index is 0.119. The second-order valence-corrected chi connectivity index (χ2v) is 4.00. The van der Waals surface area contributed by atoms with Gasteiger partial charge in [-0.05, 0) is 18.9 Å². The molecular formula is C12H14N2O3. The Labute approximate surface area is 98.9 Å². The molecule has 1 aromatic rings. The summed E-state index contributed by atoms with van der Waals surface area (Å²) in [4.78, 5) is 11.2. The zero-order valence-corrected chi connectivity index (χ0v) is 9.27. The Morgan fingerprint density at radius 3 is 2.88 bits per heavy atom. The summed E-state index contributed by atoms with van der Waals surface area (Å²) in [5.41, 5.74) is 1.78. The highest BCUT2D eigenvalue weighted by Gasteiger charge is 2.10. The van der Waals surface area contributed by atoms with Crippen LogP contribution < -0.4 is 10.5 Å². The third-order valence-corrected chi connectivity index (χ3v) is 2.62. The zero-order valence-electron chi connectivity index (χ0n) is 9.27. The summed E-state index contributed by atoms with van der Waals surface area (Å²) in [6, 6.07) is 6.56. The van der Waals surface area contributed by atoms with Crippen LogP contribution in [-0.4, -0.2) is 11.0 Å². The van der Waals surface area contributed by atoms with E-state index >= 15 is 0 Å². The molecule has 17 heavy (non-hydrogen) atoms. The number of ketones is 1. The molecular weight excluding hydrogens is 220 g/mol. The van der Waals surface area contributed by atoms with E-state index in [1.165, 1.54) is 6.07 Å². The van der Waals surface area contributed by atoms with Gasteiger partial charge in [-0.25, -0.2) is 5.21 Å². The molecule has 0 aliphatic heterocycles. The van der Waals surface area contributed by atoms with Crippen LogP contribution >= 0.6 is 0 Å². The maximum absolute atomic E-state index is 11.2. The number of carbonyl (C=O) groups excluding carboxylic acids is 1. The molecule has 2 rings (SSSR count). The van der Waals surface area contributed by atoms with Gasteiger partial charge >= 0.3 is 0 Å². The molecule has 0 radical (unpaired) electrons. The van der Waals surface area contributed by atoms with Crippen molar-refractivity contribution in [2.24, 2.45) is 0 Å². The van der Waals surface area contributed by atoms with Crippen molar-refractivity contribution in [2.45, 2.75) is 19.3 Å². The third kappa shape index (κ3) is 3.13. The Morgan fingerprint density at radius 2 is 2.18 bits per heavy atom. The molecule has 90 valence electrons. The predicted molar refractivity (Wildman–Crippen MR) is 62.8 cm³/mol. The van der Waals surface area contributed by atoms with Crippen molar-refractivity contribution < 1.29 is 15.2 Å². The van der Waals surface area contributed by atoms with Gasteiger partial charge in [0.25, 0.3) is 0 Å². The van der Waals surface area contributed by atoms with E-state index in [0.717, 1.165) is 18.5 Å². The van der Waals surface area contributed by atoms with Crippen LogP contribution in [0.2, 0.25) is 0 Å². The SMILES string of the molecule is O=C1C=C(Nc2cccc([NH+]([O-])O)c2)CCC1. The number of anilines is 1. The Morgan fingerprint density at radius 1 is 1.35 bits per heavy atom. The number of rotatable bonds is 3. The average molecular weight is 234 g/mol. The molecule has 0 bridgehead atoms. The van der Waals surface area contributed by atoms with Crippen LogP contribution in [0.15, 0.2) is 36.0 Å². The average Bonchev–Trinajstić information content (AvgIpc) is 2.29. The number of allylic oxidation sites excluding steroid dienone is 2. The minimum atomic E-state index is -0.956. The van der Waals surface area contributed by atoms with Gasteiger partial charge in [0.15, 0.2) is 11.5 Å². The molecule has 0 saturated carbocycles. The number of carbonyl (C=O) groups is 1. The van der Waals surface area contributed by atoms with Gasteiger partial charge in [0.05, 0.1) is 0 Å². The van der Waals surface area contributed by atoms with E-state index < -0.39 is 5.23 Å². The summed E-state index contributed by atoms with van der Waals surface area (Å²) in [6.07, 6.45) is 3.86. The molecule has 1 aliphatic carbocycles. The Bertz CT molecular complexity index is 455. The third-order valence-electron chi connectivity index (χ3n) is 2.62. The van der Waals surface area contributed by atoms with Crippen LogP contribution in [0.4, 0.5) is 11.4 Å². The molecule has 0 saturated heterocycles. The van der Waals surface area contributed by atoms with E-state index in [4.69, 9.17) is 5.21 Å². The van der Waals surface area contributed by atoms with Gasteiger partial charge in [-0.1, -0.05) is 6.07 Å². The molecule has 0 spiro atoms. The lowest BCUT2D eigenvalue weighted by molar-refractivity contribution is -0.991. The standard InChI is InChI=1S/C12H14N2O3/c15-12-6-2-4-10(8-12)13-9-3-1-5-11(7-9)14(16)17/h1,3,5,7-8,13-14,16H,2,4,6H2. The summed E-state index contributed by atoms with van der Waals surface area (Å²) in [6.45, 7) is 0. The first-order valence-corrected chi connectivity index (χ1v) is 5.49. The summed E-state index contributed by atoms with van der Waals surface area (Å²) in [7, 11) is 0. The molecule has 3 N–H and O–H groups in total. The van der Waals surface area contributed by atoms with E-state index in [2.05, 4.69) is 5.32 Å². The van der Waals surface area contributed by atoms with Crippen LogP contribution in [0.5, 0.6) is 0 Å². The second kappa shape index (κ2) is 5.09. The Hall–Kier alpha value is -1.69. The Kier molecular flexibility index (Phi) is 3.53. The molecule has 1 atom stereocenters. The van der Waals surface area contributed by atoms with Crippen molar-refractivity contribution in [1.29, 1.82) is 0 Å². The van der Waals surface area contributed by atoms with Crippen LogP contribution in [0, 0.1) is 5.21 Å². The van der Waals surface area contributed by atoms with Crippen molar-refractivity contribution >= 4 is 17.2 Å². The number of benzene rings is 1. The molecule has 5 nitrogen and oxygen atoms in total. The van der Waals surface area contributed by atoms with E-state index in [0.29, 0.717) is 12.1 Å². The monoisotopic (exact) mass is 234 g/mol. The molecule has 0 heterocycles. The molecule has 0 aromatic heterocycles. The highest BCUT2D eigenvalue weighted by atomic mass is 16.8. The molecule has 1 aliphatic rings. The number of hydrogen-bond acceptors (Lipinski definition) is 4. The van der Waals surface area contributed by atoms with Crippen LogP contribution in [0.3, 0.4) is 0 Å². The van der Waals surface area contributed by atoms with Crippen molar-refractivity contribution in [2.75, 3.05) is 5.32 Å². The number of hydrogen-bond donors (Lipinski definition) is 3. The van der Waals surface area contributed by atoms with Crippen molar-refractivity contribution in [3.63, 3.8) is 0 Å². The van der Waals surface area contributed by atoms with Crippen LogP contribution in [-0.2, 0) is 4.79 Å². The van der Waals surface area contributed by atoms with Crippen LogP contribution in [0.1, 0.15) is 19.3 Å². The fourth-order valence-corrected chi connectivity index (χ4v) is 1.81. The lowest BCUT2D eigenvalue weighted by Crippen LogP contribution is -2.99. The number of quaternary nitrogens is 1. The topological polar surface area (TPSA) is 76.8 Å². The maximum Gasteiger partial charge on any atom is 0.165 e. The summed E-state index contributed by atoms with van der Waals surface area (Å²) >= 11 is 0. The molecule has 1 aromatic carbocycles. The summed E-state index contributed by atoms with van der Waals surface area (Å²) < 4.78 is 0. The summed E-state index contributed by atoms with van der Waals surface area (Å²) in [5, 5.41) is 21.8.